The summed E-state index contributed by atoms with van der Waals surface area (Å²) in [5.74, 6) is -5.86. The number of carbonyl (C=O) groups is 2. The van der Waals surface area contributed by atoms with Crippen LogP contribution in [0.25, 0.3) is 0 Å². The zero-order valence-electron chi connectivity index (χ0n) is 17.5. The zero-order chi connectivity index (χ0) is 24.6. The summed E-state index contributed by atoms with van der Waals surface area (Å²) in [6.45, 7) is 0. The Balaban J connectivity index is 1.54. The van der Waals surface area contributed by atoms with Gasteiger partial charge in [-0.1, -0.05) is 24.3 Å². The van der Waals surface area contributed by atoms with Crippen LogP contribution < -0.4 is 0 Å². The van der Waals surface area contributed by atoms with Gasteiger partial charge in [0.1, 0.15) is 12.2 Å². The number of ether oxygens (including phenoxy) is 2. The highest BCUT2D eigenvalue weighted by atomic mass is 16.6. The van der Waals surface area contributed by atoms with E-state index in [1.54, 1.807) is 24.3 Å². The van der Waals surface area contributed by atoms with E-state index in [4.69, 9.17) is 9.47 Å². The lowest BCUT2D eigenvalue weighted by atomic mass is 9.87. The van der Waals surface area contributed by atoms with Gasteiger partial charge in [-0.25, -0.2) is 9.59 Å². The van der Waals surface area contributed by atoms with Crippen molar-refractivity contribution in [2.45, 2.75) is 25.0 Å². The molecule has 1 aliphatic carbocycles. The fourth-order valence-corrected chi connectivity index (χ4v) is 3.79. The number of phenols is 6. The molecule has 2 atom stereocenters. The molecule has 6 N–H and O–H groups in total. The summed E-state index contributed by atoms with van der Waals surface area (Å²) in [6.07, 6.45) is -0.858. The minimum absolute atomic E-state index is 0.161. The second-order valence-corrected chi connectivity index (χ2v) is 7.72. The molecule has 10 nitrogen and oxygen atoms in total. The van der Waals surface area contributed by atoms with Crippen LogP contribution in [0.15, 0.2) is 48.5 Å². The van der Waals surface area contributed by atoms with Gasteiger partial charge in [0.05, 0.1) is 11.1 Å². The molecule has 34 heavy (non-hydrogen) atoms. The molecular weight excluding hydrogens is 448 g/mol. The third-order valence-corrected chi connectivity index (χ3v) is 5.49. The highest BCUT2D eigenvalue weighted by Crippen LogP contribution is 2.42. The minimum Gasteiger partial charge on any atom is -0.504 e. The van der Waals surface area contributed by atoms with Crippen molar-refractivity contribution in [1.29, 1.82) is 0 Å². The monoisotopic (exact) mass is 468 g/mol. The lowest BCUT2D eigenvalue weighted by Crippen LogP contribution is -2.22. The van der Waals surface area contributed by atoms with Gasteiger partial charge in [-0.2, -0.15) is 0 Å². The van der Waals surface area contributed by atoms with E-state index in [1.165, 1.54) is 0 Å². The highest BCUT2D eigenvalue weighted by Gasteiger charge is 2.32. The number of fused-ring (bicyclic) bond motifs is 1. The van der Waals surface area contributed by atoms with E-state index in [0.717, 1.165) is 24.3 Å². The van der Waals surface area contributed by atoms with E-state index >= 15 is 0 Å². The third-order valence-electron chi connectivity index (χ3n) is 5.49. The van der Waals surface area contributed by atoms with Crippen LogP contribution in [0.3, 0.4) is 0 Å². The topological polar surface area (TPSA) is 174 Å². The number of rotatable bonds is 4. The molecule has 3 aromatic rings. The van der Waals surface area contributed by atoms with Crippen molar-refractivity contribution in [3.63, 3.8) is 0 Å². The number of esters is 2. The molecule has 10 heteroatoms. The molecule has 0 aliphatic heterocycles. The maximum Gasteiger partial charge on any atom is 0.339 e. The lowest BCUT2D eigenvalue weighted by Gasteiger charge is -2.31. The Hall–Kier alpha value is -4.60. The van der Waals surface area contributed by atoms with Crippen LogP contribution in [0.5, 0.6) is 34.5 Å². The molecule has 0 radical (unpaired) electrons. The Morgan fingerprint density at radius 1 is 0.618 bits per heavy atom. The van der Waals surface area contributed by atoms with Gasteiger partial charge < -0.3 is 40.1 Å². The summed E-state index contributed by atoms with van der Waals surface area (Å²) in [5.41, 5.74) is 0.851. The molecule has 0 saturated heterocycles. The average Bonchev–Trinajstić information content (AvgIpc) is 2.81. The Morgan fingerprint density at radius 2 is 0.941 bits per heavy atom. The fourth-order valence-electron chi connectivity index (χ4n) is 3.79. The molecule has 0 amide bonds. The van der Waals surface area contributed by atoms with Crippen LogP contribution in [-0.4, -0.2) is 42.6 Å². The van der Waals surface area contributed by atoms with Crippen LogP contribution in [0.1, 0.15) is 56.9 Å². The molecule has 0 unspecified atom stereocenters. The standard InChI is InChI=1S/C24H20O10/c25-15-7-11(8-16(26)21(15)29)23(31)33-19-5-6-20(14-4-2-1-3-13(14)19)34-24(32)12-9-17(27)22(30)18(28)10-12/h1-4,7-10,19-20,25-30H,5-6H2/t19-,20+. The van der Waals surface area contributed by atoms with Crippen LogP contribution in [0.2, 0.25) is 0 Å². The first kappa shape index (κ1) is 22.6. The van der Waals surface area contributed by atoms with E-state index in [9.17, 15) is 40.2 Å². The SMILES string of the molecule is O=C(O[C@H]1CC[C@@H](OC(=O)c2cc(O)c(O)c(O)c2)c2ccccc21)c1cc(O)c(O)c(O)c1. The molecule has 4 rings (SSSR count). The Morgan fingerprint density at radius 3 is 1.26 bits per heavy atom. The highest BCUT2D eigenvalue weighted by molar-refractivity contribution is 5.92. The molecular formula is C24H20O10. The van der Waals surface area contributed by atoms with E-state index in [-0.39, 0.29) is 24.0 Å². The predicted molar refractivity (Wildman–Crippen MR) is 115 cm³/mol. The van der Waals surface area contributed by atoms with Gasteiger partial charge in [0.15, 0.2) is 34.5 Å². The maximum absolute atomic E-state index is 12.6. The van der Waals surface area contributed by atoms with Gasteiger partial charge in [0, 0.05) is 0 Å². The molecule has 0 aromatic heterocycles. The third kappa shape index (κ3) is 4.20. The van der Waals surface area contributed by atoms with Crippen molar-refractivity contribution in [2.24, 2.45) is 0 Å². The molecule has 0 heterocycles. The lowest BCUT2D eigenvalue weighted by molar-refractivity contribution is 0.00335. The molecule has 0 fully saturated rings. The van der Waals surface area contributed by atoms with Crippen molar-refractivity contribution in [3.8, 4) is 34.5 Å². The van der Waals surface area contributed by atoms with Crippen LogP contribution in [-0.2, 0) is 9.47 Å². The predicted octanol–water partition coefficient (Wildman–Crippen LogP) is 3.51. The van der Waals surface area contributed by atoms with E-state index in [0.29, 0.717) is 11.1 Å². The van der Waals surface area contributed by atoms with E-state index in [2.05, 4.69) is 0 Å². The normalized spacial score (nSPS) is 16.9. The van der Waals surface area contributed by atoms with Gasteiger partial charge in [0.25, 0.3) is 0 Å². The number of aromatic hydroxyl groups is 6. The summed E-state index contributed by atoms with van der Waals surface area (Å²) >= 11 is 0. The smallest absolute Gasteiger partial charge is 0.339 e. The molecule has 176 valence electrons. The first-order valence-electron chi connectivity index (χ1n) is 10.2. The number of hydrogen-bond donors (Lipinski definition) is 6. The minimum atomic E-state index is -0.837. The van der Waals surface area contributed by atoms with Gasteiger partial charge in [-0.05, 0) is 48.2 Å². The Labute approximate surface area is 192 Å². The largest absolute Gasteiger partial charge is 0.504 e. The number of carbonyl (C=O) groups excluding carboxylic acids is 2. The van der Waals surface area contributed by atoms with Crippen molar-refractivity contribution in [3.05, 3.63) is 70.8 Å². The van der Waals surface area contributed by atoms with Crippen molar-refractivity contribution in [1.82, 2.24) is 0 Å². The first-order valence-corrected chi connectivity index (χ1v) is 10.2. The second kappa shape index (κ2) is 8.74. The zero-order valence-corrected chi connectivity index (χ0v) is 17.5. The van der Waals surface area contributed by atoms with Gasteiger partial charge in [-0.15, -0.1) is 0 Å². The fraction of sp³-hybridized carbons (Fsp3) is 0.167. The quantitative estimate of drug-likeness (QED) is 0.246. The molecule has 1 aliphatic rings. The van der Waals surface area contributed by atoms with Crippen molar-refractivity contribution in [2.75, 3.05) is 0 Å². The summed E-state index contributed by atoms with van der Waals surface area (Å²) in [6, 6.07) is 10.7. The maximum atomic E-state index is 12.6. The Kier molecular flexibility index (Phi) is 5.80. The average molecular weight is 468 g/mol. The molecule has 0 spiro atoms. The summed E-state index contributed by atoms with van der Waals surface area (Å²) < 4.78 is 11.1. The number of phenolic OH excluding ortho intramolecular Hbond substituents is 6. The van der Waals surface area contributed by atoms with Crippen LogP contribution in [0.4, 0.5) is 0 Å². The van der Waals surface area contributed by atoms with E-state index in [1.807, 2.05) is 0 Å². The second-order valence-electron chi connectivity index (χ2n) is 7.72. The van der Waals surface area contributed by atoms with Crippen LogP contribution in [0, 0.1) is 0 Å². The summed E-state index contributed by atoms with van der Waals surface area (Å²) in [7, 11) is 0. The van der Waals surface area contributed by atoms with Crippen molar-refractivity contribution < 1.29 is 49.7 Å². The first-order chi connectivity index (χ1) is 16.2. The van der Waals surface area contributed by atoms with Crippen LogP contribution >= 0.6 is 0 Å². The van der Waals surface area contributed by atoms with Crippen molar-refractivity contribution >= 4 is 11.9 Å². The molecule has 3 aromatic carbocycles. The van der Waals surface area contributed by atoms with E-state index < -0.39 is 58.6 Å². The van der Waals surface area contributed by atoms with Gasteiger partial charge >= 0.3 is 11.9 Å². The molecule has 0 saturated carbocycles. The van der Waals surface area contributed by atoms with Gasteiger partial charge in [0.2, 0.25) is 0 Å². The summed E-state index contributed by atoms with van der Waals surface area (Å²) in [4.78, 5) is 25.2. The Bertz CT molecular complexity index is 1140. The summed E-state index contributed by atoms with van der Waals surface area (Å²) in [5, 5.41) is 57.5. The van der Waals surface area contributed by atoms with Gasteiger partial charge in [-0.3, -0.25) is 0 Å². The number of benzene rings is 3. The molecule has 0 bridgehead atoms. The number of hydrogen-bond acceptors (Lipinski definition) is 10.